The van der Waals surface area contributed by atoms with Crippen LogP contribution in [0.4, 0.5) is 0 Å². The van der Waals surface area contributed by atoms with Crippen LogP contribution in [0.1, 0.15) is 49.9 Å². The first kappa shape index (κ1) is 84.3. The van der Waals surface area contributed by atoms with Gasteiger partial charge in [-0.15, -0.1) is 0 Å². The number of furan rings is 1. The van der Waals surface area contributed by atoms with E-state index in [9.17, 15) is 0 Å². The van der Waals surface area contributed by atoms with Crippen molar-refractivity contribution in [1.82, 2.24) is 33.6 Å². The fourth-order valence-corrected chi connectivity index (χ4v) is 22.7. The molecule has 0 saturated carbocycles. The van der Waals surface area contributed by atoms with Gasteiger partial charge < -0.3 is 18.1 Å². The van der Waals surface area contributed by atoms with Gasteiger partial charge in [0, 0.05) is 118 Å². The second-order valence-electron chi connectivity index (χ2n) is 38.3. The standard InChI is InChI=1S/C50H36N2.C43H31N3.C41H26N2O/c1-50(2)43-22-13-12-21-40(43)41-26-28-47-48(49(41)50)42-32-35(25-27-46(42)52(47)39-19-10-5-11-20-39)44-23-14-24-45(51-44)38-30-36(33-15-6-3-7-16-33)29-37(31-38)34-17-8-4-9-18-34;1-43(2)37-15-7-6-14-34(37)35-18-20-40-41(42(35)43)36-26-28(17-19-39(36)46(40)33-12-4-3-5-13-33)30-23-31(29-11-10-21-44-27-29)25-32(24-30)38-16-8-9-22-45-38;1-4-13-27(14-5-1)32-26-37-40(41-39(32)31-19-10-11-22-38(31)44-41)33-25-29(23-24-36(33)43(37)30-17-8-3-9-18-30)35-21-12-20-34(42-35)28-15-6-2-7-16-28/h3-32H,1-2H3;3-27H,1-2H3;1-26H. The monoisotopic (exact) mass is 1820 g/mol. The fourth-order valence-electron chi connectivity index (χ4n) is 22.7. The van der Waals surface area contributed by atoms with Crippen molar-refractivity contribution in [3.8, 4) is 151 Å². The molecule has 26 aromatic rings. The predicted octanol–water partition coefficient (Wildman–Crippen LogP) is 35.1. The minimum Gasteiger partial charge on any atom is -0.455 e. The van der Waals surface area contributed by atoms with Crippen LogP contribution in [-0.4, -0.2) is 33.6 Å². The molecule has 0 atom stereocenters. The van der Waals surface area contributed by atoms with Gasteiger partial charge in [-0.1, -0.05) is 325 Å². The van der Waals surface area contributed by atoms with Crippen molar-refractivity contribution in [2.24, 2.45) is 0 Å². The third-order valence-corrected chi connectivity index (χ3v) is 29.2. The number of hydrogen-bond acceptors (Lipinski definition) is 5. The Balaban J connectivity index is 0.000000110. The molecule has 0 unspecified atom stereocenters. The Labute approximate surface area is 823 Å². The van der Waals surface area contributed by atoms with Crippen molar-refractivity contribution >= 4 is 87.4 Å². The summed E-state index contributed by atoms with van der Waals surface area (Å²) >= 11 is 0. The number of pyridine rings is 4. The number of rotatable bonds is 13. The molecule has 0 N–H and O–H groups in total. The highest BCUT2D eigenvalue weighted by Gasteiger charge is 2.40. The zero-order valence-corrected chi connectivity index (χ0v) is 78.8. The Morgan fingerprint density at radius 2 is 0.585 bits per heavy atom. The van der Waals surface area contributed by atoms with E-state index in [1.807, 2.05) is 48.9 Å². The largest absolute Gasteiger partial charge is 0.455 e. The third kappa shape index (κ3) is 14.4. The number of hydrogen-bond donors (Lipinski definition) is 0. The maximum Gasteiger partial charge on any atom is 0.146 e. The summed E-state index contributed by atoms with van der Waals surface area (Å²) in [6.07, 6.45) is 5.61. The van der Waals surface area contributed by atoms with Crippen LogP contribution in [0.3, 0.4) is 0 Å². The van der Waals surface area contributed by atoms with Crippen LogP contribution >= 0.6 is 0 Å². The van der Waals surface area contributed by atoms with E-state index < -0.39 is 0 Å². The van der Waals surface area contributed by atoms with Gasteiger partial charge in [-0.05, 0) is 271 Å². The van der Waals surface area contributed by atoms with E-state index in [1.54, 1.807) is 0 Å². The van der Waals surface area contributed by atoms with Crippen LogP contribution in [0.25, 0.3) is 239 Å². The molecule has 0 aliphatic heterocycles. The summed E-state index contributed by atoms with van der Waals surface area (Å²) in [7, 11) is 0. The van der Waals surface area contributed by atoms with Crippen LogP contribution in [0.2, 0.25) is 0 Å². The van der Waals surface area contributed by atoms with Gasteiger partial charge in [0.1, 0.15) is 11.2 Å². The van der Waals surface area contributed by atoms with Gasteiger partial charge in [-0.25, -0.2) is 9.97 Å². The first-order valence-corrected chi connectivity index (χ1v) is 48.8. The second kappa shape index (κ2) is 34.5. The van der Waals surface area contributed by atoms with Crippen molar-refractivity contribution < 1.29 is 4.42 Å². The lowest BCUT2D eigenvalue weighted by molar-refractivity contribution is 0.666. The molecule has 8 heterocycles. The summed E-state index contributed by atoms with van der Waals surface area (Å²) in [4.78, 5) is 19.6. The van der Waals surface area contributed by atoms with E-state index in [2.05, 4.69) is 489 Å². The lowest BCUT2D eigenvalue weighted by Crippen LogP contribution is -2.15. The molecule has 8 aromatic heterocycles. The van der Waals surface area contributed by atoms with Crippen LogP contribution in [0, 0.1) is 0 Å². The maximum absolute atomic E-state index is 6.78. The third-order valence-electron chi connectivity index (χ3n) is 29.2. The number of para-hydroxylation sites is 4. The van der Waals surface area contributed by atoms with Crippen LogP contribution in [-0.2, 0) is 10.8 Å². The van der Waals surface area contributed by atoms with Gasteiger partial charge in [0.2, 0.25) is 0 Å². The Bertz CT molecular complexity index is 9300. The second-order valence-corrected chi connectivity index (χ2v) is 38.3. The highest BCUT2D eigenvalue weighted by atomic mass is 16.3. The smallest absolute Gasteiger partial charge is 0.146 e. The van der Waals surface area contributed by atoms with Gasteiger partial charge in [0.15, 0.2) is 0 Å². The van der Waals surface area contributed by atoms with E-state index >= 15 is 0 Å². The number of aromatic nitrogens is 7. The zero-order valence-electron chi connectivity index (χ0n) is 78.8. The first-order valence-electron chi connectivity index (χ1n) is 48.8. The fraction of sp³-hybridized carbons (Fsp3) is 0.0448. The van der Waals surface area contributed by atoms with Gasteiger partial charge >= 0.3 is 0 Å². The summed E-state index contributed by atoms with van der Waals surface area (Å²) < 4.78 is 14.0. The molecule has 0 bridgehead atoms. The number of nitrogens with zero attached hydrogens (tertiary/aromatic N) is 7. The van der Waals surface area contributed by atoms with Gasteiger partial charge in [-0.3, -0.25) is 9.97 Å². The minimum absolute atomic E-state index is 0.135. The Hall–Kier alpha value is -18.2. The maximum atomic E-state index is 6.78. The van der Waals surface area contributed by atoms with E-state index in [-0.39, 0.29) is 10.8 Å². The summed E-state index contributed by atoms with van der Waals surface area (Å²) in [5.74, 6) is 0. The number of benzene rings is 18. The summed E-state index contributed by atoms with van der Waals surface area (Å²) in [6.45, 7) is 9.52. The molecule has 28 rings (SSSR count). The molecular formula is C134H93N7O. The molecule has 2 aliphatic carbocycles. The molecule has 0 radical (unpaired) electrons. The van der Waals surface area contributed by atoms with E-state index in [4.69, 9.17) is 19.4 Å². The van der Waals surface area contributed by atoms with Crippen LogP contribution < -0.4 is 0 Å². The van der Waals surface area contributed by atoms with Crippen molar-refractivity contribution in [1.29, 1.82) is 0 Å². The molecule has 2 aliphatic rings. The number of fused-ring (bicyclic) bond motifs is 21. The Morgan fingerprint density at radius 3 is 1.08 bits per heavy atom. The van der Waals surface area contributed by atoms with Crippen molar-refractivity contribution in [2.75, 3.05) is 0 Å². The van der Waals surface area contributed by atoms with Gasteiger partial charge in [0.25, 0.3) is 0 Å². The van der Waals surface area contributed by atoms with Gasteiger partial charge in [-0.2, -0.15) is 0 Å². The lowest BCUT2D eigenvalue weighted by Gasteiger charge is -2.22. The molecule has 18 aromatic carbocycles. The van der Waals surface area contributed by atoms with E-state index in [0.29, 0.717) is 0 Å². The zero-order chi connectivity index (χ0) is 94.7. The van der Waals surface area contributed by atoms with Crippen molar-refractivity contribution in [2.45, 2.75) is 38.5 Å². The summed E-state index contributed by atoms with van der Waals surface area (Å²) in [5, 5.41) is 9.66. The van der Waals surface area contributed by atoms with Gasteiger partial charge in [0.05, 0.1) is 67.0 Å². The Morgan fingerprint density at radius 1 is 0.211 bits per heavy atom. The van der Waals surface area contributed by atoms with Crippen molar-refractivity contribution in [3.05, 3.63) is 514 Å². The molecule has 0 amide bonds. The molecular weight excluding hydrogens is 1720 g/mol. The normalized spacial score (nSPS) is 12.6. The first-order chi connectivity index (χ1) is 69.9. The summed E-state index contributed by atoms with van der Waals surface area (Å²) in [5.41, 5.74) is 44.8. The average molecular weight is 1820 g/mol. The van der Waals surface area contributed by atoms with Crippen LogP contribution in [0.15, 0.2) is 496 Å². The minimum atomic E-state index is -0.143. The highest BCUT2D eigenvalue weighted by Crippen LogP contribution is 2.57. The van der Waals surface area contributed by atoms with Crippen molar-refractivity contribution in [3.63, 3.8) is 0 Å². The van der Waals surface area contributed by atoms with Crippen LogP contribution in [0.5, 0.6) is 0 Å². The SMILES string of the molecule is CC1(C)c2ccccc2-c2ccc3c(c21)c1cc(-c2cc(-c4cccnc4)cc(-c4ccccn4)c2)ccc1n3-c1ccccc1.CC1(C)c2ccccc2-c2ccc3c(c21)c1cc(-c2cccc(-c4cc(-c5ccccc5)cc(-c5ccccc5)c4)n2)ccc1n3-c1ccccc1.c1ccc(-c2cccc(-c3ccc4c(c3)c3c5oc6ccccc6c5c(-c5ccccc5)cc3n4-c3ccccc3)n2)cc1. The molecule has 0 saturated heterocycles. The highest BCUT2D eigenvalue weighted by molar-refractivity contribution is 6.28. The predicted molar refractivity (Wildman–Crippen MR) is 590 cm³/mol. The Kier molecular flexibility index (Phi) is 20.5. The quantitative estimate of drug-likeness (QED) is 0.115. The van der Waals surface area contributed by atoms with E-state index in [0.717, 1.165) is 134 Å². The molecule has 0 fully saturated rings. The molecule has 670 valence electrons. The molecule has 0 spiro atoms. The molecule has 8 nitrogen and oxygen atoms in total. The molecule has 8 heteroatoms. The van der Waals surface area contributed by atoms with E-state index in [1.165, 1.54) is 127 Å². The molecule has 142 heavy (non-hydrogen) atoms. The average Bonchev–Trinajstić information content (AvgIpc) is 1.53. The summed E-state index contributed by atoms with van der Waals surface area (Å²) in [6, 6.07) is 169. The topological polar surface area (TPSA) is 79.5 Å². The lowest BCUT2D eigenvalue weighted by atomic mass is 9.80.